The minimum atomic E-state index is 0. The summed E-state index contributed by atoms with van der Waals surface area (Å²) in [4.78, 5) is 9.79. The number of rotatable bonds is 10. The van der Waals surface area contributed by atoms with Gasteiger partial charge in [0.25, 0.3) is 0 Å². The zero-order valence-electron chi connectivity index (χ0n) is 20.1. The van der Waals surface area contributed by atoms with Crippen LogP contribution in [0.25, 0.3) is 0 Å². The molecule has 2 heterocycles. The SMILES string of the molecule is CCNC(=NCc1ccc(C)cc1OC1CCOC1)NCCCCN1CCN(C)CC1.I. The molecule has 1 aromatic carbocycles. The Hall–Kier alpha value is -1.10. The number of benzene rings is 1. The van der Waals surface area contributed by atoms with Gasteiger partial charge in [0.05, 0.1) is 19.8 Å². The van der Waals surface area contributed by atoms with Gasteiger partial charge in [0, 0.05) is 51.3 Å². The third-order valence-electron chi connectivity index (χ3n) is 5.95. The first-order valence-corrected chi connectivity index (χ1v) is 11.9. The van der Waals surface area contributed by atoms with Crippen LogP contribution in [0, 0.1) is 6.92 Å². The van der Waals surface area contributed by atoms with Crippen molar-refractivity contribution in [3.8, 4) is 5.75 Å². The van der Waals surface area contributed by atoms with Gasteiger partial charge in [-0.15, -0.1) is 24.0 Å². The lowest BCUT2D eigenvalue weighted by Crippen LogP contribution is -2.44. The van der Waals surface area contributed by atoms with Crippen molar-refractivity contribution < 1.29 is 9.47 Å². The van der Waals surface area contributed by atoms with E-state index >= 15 is 0 Å². The maximum atomic E-state index is 6.21. The highest BCUT2D eigenvalue weighted by molar-refractivity contribution is 14.0. The van der Waals surface area contributed by atoms with Crippen LogP contribution in [-0.4, -0.2) is 87.9 Å². The number of unbranched alkanes of at least 4 members (excludes halogenated alkanes) is 1. The highest BCUT2D eigenvalue weighted by atomic mass is 127. The average Bonchev–Trinajstić information content (AvgIpc) is 3.27. The number of aryl methyl sites for hydroxylation is 1. The number of halogens is 1. The van der Waals surface area contributed by atoms with Crippen molar-refractivity contribution in [3.63, 3.8) is 0 Å². The van der Waals surface area contributed by atoms with Gasteiger partial charge in [-0.2, -0.15) is 0 Å². The van der Waals surface area contributed by atoms with E-state index in [0.29, 0.717) is 13.2 Å². The number of nitrogens with zero attached hydrogens (tertiary/aromatic N) is 3. The van der Waals surface area contributed by atoms with Crippen molar-refractivity contribution in [2.75, 3.05) is 66.1 Å². The number of ether oxygens (including phenoxy) is 2. The number of nitrogens with one attached hydrogen (secondary N) is 2. The fraction of sp³-hybridized carbons (Fsp3) is 0.708. The molecule has 0 spiro atoms. The minimum absolute atomic E-state index is 0. The van der Waals surface area contributed by atoms with Crippen LogP contribution in [0.4, 0.5) is 0 Å². The van der Waals surface area contributed by atoms with Gasteiger partial charge in [0.1, 0.15) is 11.9 Å². The van der Waals surface area contributed by atoms with Gasteiger partial charge >= 0.3 is 0 Å². The smallest absolute Gasteiger partial charge is 0.191 e. The molecule has 32 heavy (non-hydrogen) atoms. The predicted octanol–water partition coefficient (Wildman–Crippen LogP) is 2.86. The highest BCUT2D eigenvalue weighted by Crippen LogP contribution is 2.24. The molecule has 1 unspecified atom stereocenters. The molecule has 2 N–H and O–H groups in total. The Morgan fingerprint density at radius 3 is 2.72 bits per heavy atom. The van der Waals surface area contributed by atoms with Crippen LogP contribution in [0.3, 0.4) is 0 Å². The Kier molecular flexibility index (Phi) is 12.7. The molecule has 0 aliphatic carbocycles. The zero-order chi connectivity index (χ0) is 21.9. The van der Waals surface area contributed by atoms with Gasteiger partial charge in [0.15, 0.2) is 5.96 Å². The largest absolute Gasteiger partial charge is 0.488 e. The molecule has 0 aromatic heterocycles. The van der Waals surface area contributed by atoms with Crippen molar-refractivity contribution in [3.05, 3.63) is 29.3 Å². The lowest BCUT2D eigenvalue weighted by molar-refractivity contribution is 0.140. The van der Waals surface area contributed by atoms with Gasteiger partial charge < -0.3 is 29.9 Å². The number of likely N-dealkylation sites (N-methyl/N-ethyl adjacent to an activating group) is 1. The molecule has 2 fully saturated rings. The first-order valence-electron chi connectivity index (χ1n) is 11.9. The molecule has 7 nitrogen and oxygen atoms in total. The van der Waals surface area contributed by atoms with Crippen LogP contribution in [0.15, 0.2) is 23.2 Å². The minimum Gasteiger partial charge on any atom is -0.488 e. The number of piperazine rings is 1. The normalized spacial score (nSPS) is 20.1. The molecular formula is C24H42IN5O2. The fourth-order valence-corrected chi connectivity index (χ4v) is 3.93. The second-order valence-electron chi connectivity index (χ2n) is 8.69. The maximum Gasteiger partial charge on any atom is 0.191 e. The first kappa shape index (κ1) is 27.1. The number of hydrogen-bond donors (Lipinski definition) is 2. The number of aliphatic imine (C=N–C) groups is 1. The van der Waals surface area contributed by atoms with Crippen molar-refractivity contribution in [1.29, 1.82) is 0 Å². The summed E-state index contributed by atoms with van der Waals surface area (Å²) in [5.74, 6) is 1.81. The first-order chi connectivity index (χ1) is 15.1. The molecule has 2 aliphatic rings. The van der Waals surface area contributed by atoms with E-state index in [1.165, 1.54) is 44.7 Å². The van der Waals surface area contributed by atoms with Crippen LogP contribution in [0.1, 0.15) is 37.3 Å². The summed E-state index contributed by atoms with van der Waals surface area (Å²) in [5.41, 5.74) is 2.32. The fourth-order valence-electron chi connectivity index (χ4n) is 3.93. The summed E-state index contributed by atoms with van der Waals surface area (Å²) < 4.78 is 11.7. The second-order valence-corrected chi connectivity index (χ2v) is 8.69. The van der Waals surface area contributed by atoms with E-state index in [-0.39, 0.29) is 30.1 Å². The summed E-state index contributed by atoms with van der Waals surface area (Å²) in [7, 11) is 2.21. The molecule has 2 saturated heterocycles. The van der Waals surface area contributed by atoms with Crippen LogP contribution in [0.2, 0.25) is 0 Å². The number of guanidine groups is 1. The molecule has 3 rings (SSSR count). The van der Waals surface area contributed by atoms with E-state index in [4.69, 9.17) is 14.5 Å². The maximum absolute atomic E-state index is 6.21. The Bertz CT molecular complexity index is 689. The molecule has 0 radical (unpaired) electrons. The molecule has 1 atom stereocenters. The second kappa shape index (κ2) is 14.9. The van der Waals surface area contributed by atoms with Gasteiger partial charge in [-0.05, 0) is 51.9 Å². The quantitative estimate of drug-likeness (QED) is 0.199. The molecule has 182 valence electrons. The van der Waals surface area contributed by atoms with Crippen molar-refractivity contribution in [1.82, 2.24) is 20.4 Å². The van der Waals surface area contributed by atoms with E-state index < -0.39 is 0 Å². The summed E-state index contributed by atoms with van der Waals surface area (Å²) in [6.07, 6.45) is 3.47. The Morgan fingerprint density at radius 1 is 1.19 bits per heavy atom. The van der Waals surface area contributed by atoms with Crippen molar-refractivity contribution in [2.45, 2.75) is 45.8 Å². The van der Waals surface area contributed by atoms with Crippen LogP contribution in [0.5, 0.6) is 5.75 Å². The standard InChI is InChI=1S/C24H41N5O2.HI/c1-4-25-24(26-10-5-6-11-29-14-12-28(3)13-15-29)27-18-21-8-7-20(2)17-23(21)31-22-9-16-30-19-22;/h7-8,17,22H,4-6,9-16,18-19H2,1-3H3,(H2,25,26,27);1H. The molecule has 1 aromatic rings. The Labute approximate surface area is 211 Å². The van der Waals surface area contributed by atoms with E-state index in [1.54, 1.807) is 0 Å². The molecule has 0 bridgehead atoms. The zero-order valence-corrected chi connectivity index (χ0v) is 22.4. The van der Waals surface area contributed by atoms with E-state index in [9.17, 15) is 0 Å². The van der Waals surface area contributed by atoms with Gasteiger partial charge in [0.2, 0.25) is 0 Å². The number of hydrogen-bond acceptors (Lipinski definition) is 5. The van der Waals surface area contributed by atoms with Gasteiger partial charge in [-0.25, -0.2) is 4.99 Å². The Morgan fingerprint density at radius 2 is 2.00 bits per heavy atom. The lowest BCUT2D eigenvalue weighted by atomic mass is 10.1. The van der Waals surface area contributed by atoms with Crippen molar-refractivity contribution in [2.24, 2.45) is 4.99 Å². The summed E-state index contributed by atoms with van der Waals surface area (Å²) in [5, 5.41) is 6.86. The van der Waals surface area contributed by atoms with Gasteiger partial charge in [-0.3, -0.25) is 0 Å². The molecular weight excluding hydrogens is 517 g/mol. The summed E-state index contributed by atoms with van der Waals surface area (Å²) in [6, 6.07) is 6.37. The van der Waals surface area contributed by atoms with Gasteiger partial charge in [-0.1, -0.05) is 12.1 Å². The van der Waals surface area contributed by atoms with E-state index in [1.807, 2.05) is 0 Å². The van der Waals surface area contributed by atoms with Crippen LogP contribution in [-0.2, 0) is 11.3 Å². The topological polar surface area (TPSA) is 61.4 Å². The highest BCUT2D eigenvalue weighted by Gasteiger charge is 2.18. The molecule has 2 aliphatic heterocycles. The predicted molar refractivity (Wildman–Crippen MR) is 142 cm³/mol. The third-order valence-corrected chi connectivity index (χ3v) is 5.95. The van der Waals surface area contributed by atoms with Crippen LogP contribution >= 0.6 is 24.0 Å². The lowest BCUT2D eigenvalue weighted by Gasteiger charge is -2.32. The monoisotopic (exact) mass is 559 g/mol. The Balaban J connectivity index is 0.00000363. The third kappa shape index (κ3) is 9.41. The average molecular weight is 560 g/mol. The van der Waals surface area contributed by atoms with Crippen LogP contribution < -0.4 is 15.4 Å². The van der Waals surface area contributed by atoms with E-state index in [2.05, 4.69) is 59.5 Å². The molecule has 0 saturated carbocycles. The van der Waals surface area contributed by atoms with E-state index in [0.717, 1.165) is 49.8 Å². The van der Waals surface area contributed by atoms with Crippen molar-refractivity contribution >= 4 is 29.9 Å². The molecule has 8 heteroatoms. The molecule has 0 amide bonds. The summed E-state index contributed by atoms with van der Waals surface area (Å²) in [6.45, 7) is 14.0. The summed E-state index contributed by atoms with van der Waals surface area (Å²) >= 11 is 0.